The molecule has 0 bridgehead atoms. The van der Waals surface area contributed by atoms with Gasteiger partial charge in [0.1, 0.15) is 6.33 Å². The normalized spacial score (nSPS) is 40.0. The molecule has 2 saturated carbocycles. The summed E-state index contributed by atoms with van der Waals surface area (Å²) in [6.07, 6.45) is 16.8. The number of rotatable bonds is 1. The van der Waals surface area contributed by atoms with Crippen molar-refractivity contribution < 1.29 is 0 Å². The molecule has 1 heterocycles. The Morgan fingerprint density at radius 1 is 0.967 bits per heavy atom. The number of benzene rings is 1. The maximum absolute atomic E-state index is 4.70. The minimum atomic E-state index is 0. The van der Waals surface area contributed by atoms with Crippen molar-refractivity contribution in [2.24, 2.45) is 34.5 Å². The van der Waals surface area contributed by atoms with Crippen LogP contribution in [0.15, 0.2) is 48.3 Å². The molecule has 160 valence electrons. The summed E-state index contributed by atoms with van der Waals surface area (Å²) < 4.78 is 2.41. The molecule has 4 aliphatic carbocycles. The molecule has 2 fully saturated rings. The fourth-order valence-corrected chi connectivity index (χ4v) is 7.91. The first kappa shape index (κ1) is 20.1. The van der Waals surface area contributed by atoms with E-state index in [-0.39, 0.29) is 12.8 Å². The van der Waals surface area contributed by atoms with E-state index in [0.717, 1.165) is 29.2 Å². The Hall–Kier alpha value is -1.83. The van der Waals surface area contributed by atoms with Crippen LogP contribution in [0, 0.1) is 34.5 Å². The van der Waals surface area contributed by atoms with Crippen LogP contribution < -0.4 is 0 Å². The summed E-state index contributed by atoms with van der Waals surface area (Å²) in [4.78, 5) is 4.70. The van der Waals surface area contributed by atoms with E-state index in [1.54, 1.807) is 0 Å². The third kappa shape index (κ3) is 2.58. The van der Waals surface area contributed by atoms with Gasteiger partial charge >= 0.3 is 0 Å². The minimum absolute atomic E-state index is 0. The Morgan fingerprint density at radius 2 is 1.77 bits per heavy atom. The molecule has 3 unspecified atom stereocenters. The standard InChI is InChI=1S/C27H34N2.CH4/c1-18-12-14-26(2)19(16-18)8-9-20-21-10-11-25(27(21,3)15-13-22(20)26)29-17-28-23-6-4-5-7-24(23)29;/h4-8,11,17-18,20-22H,9-10,12-16H2,1-3H3;1H4/t18-,20?,21?,22?,26-,27-;/m0./s1. The number of imidazole rings is 1. The highest BCUT2D eigenvalue weighted by atomic mass is 15.1. The van der Waals surface area contributed by atoms with E-state index in [9.17, 15) is 0 Å². The third-order valence-corrected chi connectivity index (χ3v) is 9.60. The lowest BCUT2D eigenvalue weighted by Crippen LogP contribution is -2.49. The molecule has 0 saturated heterocycles. The Labute approximate surface area is 182 Å². The van der Waals surface area contributed by atoms with Crippen molar-refractivity contribution in [1.82, 2.24) is 9.55 Å². The first-order valence-corrected chi connectivity index (χ1v) is 11.8. The van der Waals surface area contributed by atoms with Crippen LogP contribution in [-0.4, -0.2) is 9.55 Å². The van der Waals surface area contributed by atoms with E-state index in [1.807, 2.05) is 5.57 Å². The Bertz CT molecular complexity index is 1030. The van der Waals surface area contributed by atoms with E-state index in [2.05, 4.69) is 68.1 Å². The van der Waals surface area contributed by atoms with E-state index >= 15 is 0 Å². The molecule has 0 amide bonds. The summed E-state index contributed by atoms with van der Waals surface area (Å²) in [5, 5.41) is 0. The van der Waals surface area contributed by atoms with Crippen molar-refractivity contribution in [3.63, 3.8) is 0 Å². The smallest absolute Gasteiger partial charge is 0.100 e. The first-order chi connectivity index (χ1) is 14.0. The van der Waals surface area contributed by atoms with E-state index < -0.39 is 0 Å². The van der Waals surface area contributed by atoms with Gasteiger partial charge in [-0.2, -0.15) is 0 Å². The van der Waals surface area contributed by atoms with Gasteiger partial charge in [0.15, 0.2) is 0 Å². The molecule has 1 aromatic heterocycles. The van der Waals surface area contributed by atoms with Gasteiger partial charge in [0, 0.05) is 11.1 Å². The minimum Gasteiger partial charge on any atom is -0.302 e. The highest BCUT2D eigenvalue weighted by Gasteiger charge is 2.56. The van der Waals surface area contributed by atoms with Crippen molar-refractivity contribution in [3.8, 4) is 0 Å². The van der Waals surface area contributed by atoms with Gasteiger partial charge in [0.25, 0.3) is 0 Å². The lowest BCUT2D eigenvalue weighted by Gasteiger charge is -2.57. The molecule has 0 spiro atoms. The van der Waals surface area contributed by atoms with Gasteiger partial charge in [-0.3, -0.25) is 0 Å². The van der Waals surface area contributed by atoms with Crippen LogP contribution in [0.4, 0.5) is 0 Å². The molecule has 1 aromatic carbocycles. The molecular weight excluding hydrogens is 364 g/mol. The zero-order valence-corrected chi connectivity index (χ0v) is 18.2. The van der Waals surface area contributed by atoms with Crippen molar-refractivity contribution in [3.05, 3.63) is 48.3 Å². The molecular formula is C28H38N2. The second kappa shape index (κ2) is 6.84. The topological polar surface area (TPSA) is 17.8 Å². The predicted octanol–water partition coefficient (Wildman–Crippen LogP) is 7.72. The lowest BCUT2D eigenvalue weighted by molar-refractivity contribution is -0.0150. The molecule has 0 radical (unpaired) electrons. The third-order valence-electron chi connectivity index (χ3n) is 9.60. The van der Waals surface area contributed by atoms with Crippen LogP contribution >= 0.6 is 0 Å². The van der Waals surface area contributed by atoms with Crippen LogP contribution in [0.3, 0.4) is 0 Å². The Morgan fingerprint density at radius 3 is 2.63 bits per heavy atom. The van der Waals surface area contributed by atoms with Gasteiger partial charge < -0.3 is 4.57 Å². The maximum Gasteiger partial charge on any atom is 0.100 e. The molecule has 6 rings (SSSR count). The second-order valence-corrected chi connectivity index (χ2v) is 11.0. The summed E-state index contributed by atoms with van der Waals surface area (Å²) in [6.45, 7) is 7.63. The fraction of sp³-hybridized carbons (Fsp3) is 0.607. The van der Waals surface area contributed by atoms with Gasteiger partial charge in [-0.15, -0.1) is 0 Å². The Kier molecular flexibility index (Phi) is 4.58. The number of allylic oxidation sites excluding steroid dienone is 4. The summed E-state index contributed by atoms with van der Waals surface area (Å²) in [5.74, 6) is 3.40. The van der Waals surface area contributed by atoms with Gasteiger partial charge in [0.2, 0.25) is 0 Å². The van der Waals surface area contributed by atoms with E-state index in [0.29, 0.717) is 5.41 Å². The van der Waals surface area contributed by atoms with Crippen LogP contribution in [0.1, 0.15) is 73.1 Å². The number of aromatic nitrogens is 2. The van der Waals surface area contributed by atoms with Crippen LogP contribution in [0.25, 0.3) is 16.7 Å². The van der Waals surface area contributed by atoms with Gasteiger partial charge in [-0.1, -0.05) is 58.1 Å². The summed E-state index contributed by atoms with van der Waals surface area (Å²) in [7, 11) is 0. The maximum atomic E-state index is 4.70. The summed E-state index contributed by atoms with van der Waals surface area (Å²) in [5.41, 5.74) is 6.47. The van der Waals surface area contributed by atoms with Gasteiger partial charge in [-0.25, -0.2) is 4.98 Å². The molecule has 0 aliphatic heterocycles. The average molecular weight is 403 g/mol. The van der Waals surface area contributed by atoms with Crippen LogP contribution in [0.2, 0.25) is 0 Å². The monoisotopic (exact) mass is 402 g/mol. The number of hydrogen-bond donors (Lipinski definition) is 0. The largest absolute Gasteiger partial charge is 0.302 e. The first-order valence-electron chi connectivity index (χ1n) is 11.8. The SMILES string of the molecule is C.C[C@H]1CC[C@@]2(C)C(=CCC3C2CC[C@]2(C)C(n4cnc5ccccc54)=CCC32)C1. The molecule has 2 aromatic rings. The quantitative estimate of drug-likeness (QED) is 0.446. The lowest BCUT2D eigenvalue weighted by atomic mass is 9.47. The number of nitrogens with zero attached hydrogens (tertiary/aromatic N) is 2. The molecule has 2 nitrogen and oxygen atoms in total. The molecule has 30 heavy (non-hydrogen) atoms. The predicted molar refractivity (Wildman–Crippen MR) is 127 cm³/mol. The zero-order valence-electron chi connectivity index (χ0n) is 18.2. The van der Waals surface area contributed by atoms with Crippen molar-refractivity contribution in [1.29, 1.82) is 0 Å². The number of fused-ring (bicyclic) bond motifs is 6. The average Bonchev–Trinajstić information content (AvgIpc) is 3.29. The van der Waals surface area contributed by atoms with E-state index in [1.165, 1.54) is 56.2 Å². The van der Waals surface area contributed by atoms with Crippen LogP contribution in [0.5, 0.6) is 0 Å². The van der Waals surface area contributed by atoms with Gasteiger partial charge in [-0.05, 0) is 86.2 Å². The van der Waals surface area contributed by atoms with Crippen molar-refractivity contribution in [2.45, 2.75) is 73.1 Å². The zero-order chi connectivity index (χ0) is 19.8. The summed E-state index contributed by atoms with van der Waals surface area (Å²) in [6, 6.07) is 8.60. The van der Waals surface area contributed by atoms with E-state index in [4.69, 9.17) is 4.98 Å². The van der Waals surface area contributed by atoms with Crippen molar-refractivity contribution >= 4 is 16.7 Å². The van der Waals surface area contributed by atoms with Crippen molar-refractivity contribution in [2.75, 3.05) is 0 Å². The highest BCUT2D eigenvalue weighted by molar-refractivity contribution is 5.80. The van der Waals surface area contributed by atoms with Gasteiger partial charge in [0.05, 0.1) is 11.0 Å². The number of para-hydroxylation sites is 2. The molecule has 0 N–H and O–H groups in total. The number of hydrogen-bond acceptors (Lipinski definition) is 1. The van der Waals surface area contributed by atoms with Crippen LogP contribution in [-0.2, 0) is 0 Å². The Balaban J connectivity index is 0.00000193. The molecule has 6 atom stereocenters. The summed E-state index contributed by atoms with van der Waals surface area (Å²) >= 11 is 0. The molecule has 2 heteroatoms. The highest BCUT2D eigenvalue weighted by Crippen LogP contribution is 2.66. The fourth-order valence-electron chi connectivity index (χ4n) is 7.91. The molecule has 4 aliphatic rings. The second-order valence-electron chi connectivity index (χ2n) is 11.0.